The van der Waals surface area contributed by atoms with Crippen molar-refractivity contribution in [1.82, 2.24) is 15.0 Å². The highest BCUT2D eigenvalue weighted by Gasteiger charge is 2.06. The van der Waals surface area contributed by atoms with Crippen LogP contribution in [0.5, 0.6) is 5.75 Å². The number of aromatic nitrogens is 3. The summed E-state index contributed by atoms with van der Waals surface area (Å²) in [5.41, 5.74) is 12.0. The summed E-state index contributed by atoms with van der Waals surface area (Å²) in [5, 5.41) is 2.16. The van der Waals surface area contributed by atoms with Crippen LogP contribution in [-0.4, -0.2) is 15.0 Å². The maximum absolute atomic E-state index is 5.72. The highest BCUT2D eigenvalue weighted by atomic mass is 16.5. The first kappa shape index (κ1) is 12.2. The molecule has 6 nitrogen and oxygen atoms in total. The maximum Gasteiger partial charge on any atom is 0.222 e. The van der Waals surface area contributed by atoms with Gasteiger partial charge in [-0.1, -0.05) is 24.3 Å². The van der Waals surface area contributed by atoms with Crippen LogP contribution in [0, 0.1) is 0 Å². The van der Waals surface area contributed by atoms with Crippen LogP contribution < -0.4 is 16.2 Å². The van der Waals surface area contributed by atoms with Crippen molar-refractivity contribution in [1.29, 1.82) is 0 Å². The van der Waals surface area contributed by atoms with Crippen molar-refractivity contribution in [3.63, 3.8) is 0 Å². The Morgan fingerprint density at radius 3 is 2.75 bits per heavy atom. The van der Waals surface area contributed by atoms with Crippen LogP contribution in [0.4, 0.5) is 11.8 Å². The van der Waals surface area contributed by atoms with E-state index < -0.39 is 0 Å². The maximum atomic E-state index is 5.72. The number of pyridine rings is 1. The van der Waals surface area contributed by atoms with E-state index in [2.05, 4.69) is 15.0 Å². The second-order valence-corrected chi connectivity index (χ2v) is 4.25. The Bertz CT molecular complexity index is 754. The number of nitrogen functional groups attached to an aromatic ring is 2. The average Bonchev–Trinajstić information content (AvgIpc) is 2.46. The standard InChI is InChI=1S/C14H13N5O/c15-13-12(7-18-14(16)19-13)20-8-11-10-4-2-1-3-9(10)5-6-17-11/h1-7H,8H2,(H4,15,16,18,19). The molecule has 20 heavy (non-hydrogen) atoms. The van der Waals surface area contributed by atoms with Gasteiger partial charge in [0.05, 0.1) is 11.9 Å². The van der Waals surface area contributed by atoms with Gasteiger partial charge in [0, 0.05) is 11.6 Å². The zero-order valence-corrected chi connectivity index (χ0v) is 10.7. The number of rotatable bonds is 3. The summed E-state index contributed by atoms with van der Waals surface area (Å²) in [5.74, 6) is 0.741. The van der Waals surface area contributed by atoms with Crippen molar-refractivity contribution in [2.45, 2.75) is 6.61 Å². The predicted molar refractivity (Wildman–Crippen MR) is 76.9 cm³/mol. The van der Waals surface area contributed by atoms with Crippen molar-refractivity contribution < 1.29 is 4.74 Å². The number of hydrogen-bond donors (Lipinski definition) is 2. The number of ether oxygens (including phenoxy) is 1. The average molecular weight is 267 g/mol. The van der Waals surface area contributed by atoms with Gasteiger partial charge in [-0.15, -0.1) is 0 Å². The van der Waals surface area contributed by atoms with Crippen molar-refractivity contribution in [3.8, 4) is 5.75 Å². The van der Waals surface area contributed by atoms with Crippen molar-refractivity contribution in [3.05, 3.63) is 48.4 Å². The van der Waals surface area contributed by atoms with Crippen LogP contribution in [0.3, 0.4) is 0 Å². The number of anilines is 2. The number of hydrogen-bond acceptors (Lipinski definition) is 6. The van der Waals surface area contributed by atoms with Gasteiger partial charge in [-0.05, 0) is 11.5 Å². The molecule has 0 aliphatic rings. The predicted octanol–water partition coefficient (Wildman–Crippen LogP) is 1.77. The van der Waals surface area contributed by atoms with E-state index in [1.165, 1.54) is 6.20 Å². The Hall–Kier alpha value is -2.89. The summed E-state index contributed by atoms with van der Waals surface area (Å²) in [6.07, 6.45) is 3.21. The van der Waals surface area contributed by atoms with Gasteiger partial charge in [-0.25, -0.2) is 4.98 Å². The van der Waals surface area contributed by atoms with E-state index in [0.717, 1.165) is 16.5 Å². The van der Waals surface area contributed by atoms with Gasteiger partial charge in [0.15, 0.2) is 11.6 Å². The zero-order chi connectivity index (χ0) is 13.9. The number of fused-ring (bicyclic) bond motifs is 1. The molecule has 3 aromatic rings. The second kappa shape index (κ2) is 5.00. The largest absolute Gasteiger partial charge is 0.482 e. The van der Waals surface area contributed by atoms with Gasteiger partial charge in [0.2, 0.25) is 5.95 Å². The summed E-state index contributed by atoms with van der Waals surface area (Å²) in [6, 6.07) is 9.94. The molecule has 0 aliphatic carbocycles. The molecule has 0 amide bonds. The normalized spacial score (nSPS) is 10.6. The molecule has 6 heteroatoms. The molecule has 0 saturated carbocycles. The fraction of sp³-hybridized carbons (Fsp3) is 0.0714. The third kappa shape index (κ3) is 2.31. The molecule has 4 N–H and O–H groups in total. The first-order chi connectivity index (χ1) is 9.74. The first-order valence-corrected chi connectivity index (χ1v) is 6.07. The molecule has 0 unspecified atom stereocenters. The Balaban J connectivity index is 1.87. The minimum atomic E-state index is 0.123. The van der Waals surface area contributed by atoms with E-state index in [4.69, 9.17) is 16.2 Å². The third-order valence-corrected chi connectivity index (χ3v) is 2.92. The Kier molecular flexibility index (Phi) is 3.04. The molecule has 0 aliphatic heterocycles. The fourth-order valence-electron chi connectivity index (χ4n) is 1.95. The second-order valence-electron chi connectivity index (χ2n) is 4.25. The molecule has 0 fully saturated rings. The number of nitrogens with zero attached hydrogens (tertiary/aromatic N) is 3. The van der Waals surface area contributed by atoms with Crippen LogP contribution in [0.15, 0.2) is 42.7 Å². The third-order valence-electron chi connectivity index (χ3n) is 2.92. The van der Waals surface area contributed by atoms with Crippen molar-refractivity contribution in [2.24, 2.45) is 0 Å². The summed E-state index contributed by atoms with van der Waals surface area (Å²) in [6.45, 7) is 0.291. The summed E-state index contributed by atoms with van der Waals surface area (Å²) in [7, 11) is 0. The topological polar surface area (TPSA) is 99.9 Å². The lowest BCUT2D eigenvalue weighted by atomic mass is 10.1. The summed E-state index contributed by atoms with van der Waals surface area (Å²) < 4.78 is 5.62. The van der Waals surface area contributed by atoms with E-state index in [1.54, 1.807) is 6.20 Å². The molecule has 0 radical (unpaired) electrons. The first-order valence-electron chi connectivity index (χ1n) is 6.07. The van der Waals surface area contributed by atoms with E-state index in [0.29, 0.717) is 12.4 Å². The monoisotopic (exact) mass is 267 g/mol. The van der Waals surface area contributed by atoms with Crippen LogP contribution in [0.1, 0.15) is 5.69 Å². The van der Waals surface area contributed by atoms with E-state index in [9.17, 15) is 0 Å². The van der Waals surface area contributed by atoms with Gasteiger partial charge < -0.3 is 16.2 Å². The van der Waals surface area contributed by atoms with Crippen LogP contribution in [-0.2, 0) is 6.61 Å². The lowest BCUT2D eigenvalue weighted by Gasteiger charge is -2.09. The molecule has 2 aromatic heterocycles. The van der Waals surface area contributed by atoms with E-state index in [-0.39, 0.29) is 11.8 Å². The lowest BCUT2D eigenvalue weighted by molar-refractivity contribution is 0.302. The highest BCUT2D eigenvalue weighted by Crippen LogP contribution is 2.21. The van der Waals surface area contributed by atoms with Gasteiger partial charge in [0.25, 0.3) is 0 Å². The number of benzene rings is 1. The molecular weight excluding hydrogens is 254 g/mol. The molecular formula is C14H13N5O. The molecule has 1 aromatic carbocycles. The molecule has 2 heterocycles. The fourth-order valence-corrected chi connectivity index (χ4v) is 1.95. The lowest BCUT2D eigenvalue weighted by Crippen LogP contribution is -2.05. The van der Waals surface area contributed by atoms with Crippen LogP contribution >= 0.6 is 0 Å². The molecule has 0 saturated heterocycles. The van der Waals surface area contributed by atoms with Crippen LogP contribution in [0.2, 0.25) is 0 Å². The van der Waals surface area contributed by atoms with Crippen molar-refractivity contribution in [2.75, 3.05) is 11.5 Å². The molecule has 3 rings (SSSR count). The highest BCUT2D eigenvalue weighted by molar-refractivity contribution is 5.84. The quantitative estimate of drug-likeness (QED) is 0.750. The minimum absolute atomic E-state index is 0.123. The molecule has 0 atom stereocenters. The molecule has 100 valence electrons. The van der Waals surface area contributed by atoms with Gasteiger partial charge in [0.1, 0.15) is 6.61 Å². The smallest absolute Gasteiger partial charge is 0.222 e. The van der Waals surface area contributed by atoms with Gasteiger partial charge in [-0.2, -0.15) is 4.98 Å². The van der Waals surface area contributed by atoms with E-state index in [1.807, 2.05) is 30.3 Å². The summed E-state index contributed by atoms with van der Waals surface area (Å²) in [4.78, 5) is 12.0. The van der Waals surface area contributed by atoms with Crippen molar-refractivity contribution >= 4 is 22.5 Å². The number of nitrogens with two attached hydrogens (primary N) is 2. The van der Waals surface area contributed by atoms with Gasteiger partial charge >= 0.3 is 0 Å². The molecule has 0 spiro atoms. The SMILES string of the molecule is Nc1ncc(OCc2nccc3ccccc23)c(N)n1. The molecule has 0 bridgehead atoms. The Morgan fingerprint density at radius 1 is 1.05 bits per heavy atom. The van der Waals surface area contributed by atoms with E-state index >= 15 is 0 Å². The minimum Gasteiger partial charge on any atom is -0.482 e. The van der Waals surface area contributed by atoms with Gasteiger partial charge in [-0.3, -0.25) is 4.98 Å². The Labute approximate surface area is 115 Å². The summed E-state index contributed by atoms with van der Waals surface area (Å²) >= 11 is 0. The van der Waals surface area contributed by atoms with Crippen LogP contribution in [0.25, 0.3) is 10.8 Å². The zero-order valence-electron chi connectivity index (χ0n) is 10.7. The Morgan fingerprint density at radius 2 is 1.90 bits per heavy atom.